The second kappa shape index (κ2) is 5.07. The maximum atomic E-state index is 12.6. The van der Waals surface area contributed by atoms with Crippen LogP contribution in [-0.2, 0) is 11.0 Å². The number of ether oxygens (including phenoxy) is 1. The van der Waals surface area contributed by atoms with Crippen LogP contribution in [-0.4, -0.2) is 19.3 Å². The van der Waals surface area contributed by atoms with Crippen LogP contribution in [0.1, 0.15) is 22.8 Å². The van der Waals surface area contributed by atoms with Crippen molar-refractivity contribution in [2.24, 2.45) is 0 Å². The van der Waals surface area contributed by atoms with Crippen molar-refractivity contribution < 1.29 is 27.5 Å². The first-order chi connectivity index (χ1) is 8.29. The highest BCUT2D eigenvalue weighted by Crippen LogP contribution is 2.37. The number of nitrogens with one attached hydrogen (secondary N) is 1. The molecule has 0 radical (unpaired) electrons. The number of anilines is 1. The van der Waals surface area contributed by atoms with E-state index in [9.17, 15) is 22.8 Å². The van der Waals surface area contributed by atoms with Crippen molar-refractivity contribution in [2.45, 2.75) is 13.1 Å². The molecule has 0 saturated heterocycles. The van der Waals surface area contributed by atoms with Gasteiger partial charge >= 0.3 is 6.18 Å². The molecule has 0 saturated carbocycles. The van der Waals surface area contributed by atoms with E-state index in [0.29, 0.717) is 12.1 Å². The molecule has 0 aliphatic rings. The predicted molar refractivity (Wildman–Crippen MR) is 57.7 cm³/mol. The third-order valence-corrected chi connectivity index (χ3v) is 2.09. The summed E-state index contributed by atoms with van der Waals surface area (Å²) >= 11 is 0. The number of carbonyl (C=O) groups excluding carboxylic acids is 2. The number of carbonyl (C=O) groups is 2. The molecular formula is C11H10F3NO3. The van der Waals surface area contributed by atoms with E-state index in [0.717, 1.165) is 6.92 Å². The van der Waals surface area contributed by atoms with Crippen molar-refractivity contribution in [2.75, 3.05) is 12.4 Å². The summed E-state index contributed by atoms with van der Waals surface area (Å²) in [5.74, 6) is -0.669. The minimum absolute atomic E-state index is 0.104. The Morgan fingerprint density at radius 1 is 1.39 bits per heavy atom. The lowest BCUT2D eigenvalue weighted by atomic mass is 10.1. The molecule has 0 aliphatic heterocycles. The van der Waals surface area contributed by atoms with E-state index in [4.69, 9.17) is 4.74 Å². The molecule has 0 fully saturated rings. The van der Waals surface area contributed by atoms with Gasteiger partial charge in [-0.15, -0.1) is 0 Å². The van der Waals surface area contributed by atoms with Crippen molar-refractivity contribution in [3.63, 3.8) is 0 Å². The van der Waals surface area contributed by atoms with Crippen molar-refractivity contribution in [3.8, 4) is 5.75 Å². The van der Waals surface area contributed by atoms with E-state index in [1.54, 1.807) is 0 Å². The quantitative estimate of drug-likeness (QED) is 0.850. The number of rotatable bonds is 3. The maximum Gasteiger partial charge on any atom is 0.416 e. The molecule has 1 aromatic rings. The maximum absolute atomic E-state index is 12.6. The van der Waals surface area contributed by atoms with Gasteiger partial charge < -0.3 is 10.1 Å². The highest BCUT2D eigenvalue weighted by atomic mass is 19.4. The summed E-state index contributed by atoms with van der Waals surface area (Å²) in [4.78, 5) is 21.6. The van der Waals surface area contributed by atoms with Gasteiger partial charge in [0, 0.05) is 6.92 Å². The molecule has 7 heteroatoms. The molecule has 1 aromatic carbocycles. The van der Waals surface area contributed by atoms with E-state index in [-0.39, 0.29) is 23.3 Å². The zero-order valence-electron chi connectivity index (χ0n) is 9.59. The molecule has 1 N–H and O–H groups in total. The molecule has 1 rings (SSSR count). The largest absolute Gasteiger partial charge is 0.494 e. The zero-order valence-corrected chi connectivity index (χ0v) is 9.59. The van der Waals surface area contributed by atoms with Crippen molar-refractivity contribution in [1.29, 1.82) is 0 Å². The number of halogens is 3. The topological polar surface area (TPSA) is 55.4 Å². The van der Waals surface area contributed by atoms with Gasteiger partial charge in [-0.1, -0.05) is 0 Å². The summed E-state index contributed by atoms with van der Waals surface area (Å²) in [6.45, 7) is 1.14. The first-order valence-electron chi connectivity index (χ1n) is 4.81. The molecule has 0 aromatic heterocycles. The third kappa shape index (κ3) is 2.99. The highest BCUT2D eigenvalue weighted by Gasteiger charge is 2.32. The molecule has 0 aliphatic carbocycles. The van der Waals surface area contributed by atoms with Gasteiger partial charge in [0.05, 0.1) is 23.9 Å². The lowest BCUT2D eigenvalue weighted by Crippen LogP contribution is -2.12. The monoisotopic (exact) mass is 261 g/mol. The second-order valence-electron chi connectivity index (χ2n) is 3.44. The van der Waals surface area contributed by atoms with E-state index in [1.165, 1.54) is 7.11 Å². The van der Waals surface area contributed by atoms with Crippen molar-refractivity contribution >= 4 is 17.9 Å². The Hall–Kier alpha value is -2.05. The van der Waals surface area contributed by atoms with Gasteiger partial charge in [0.25, 0.3) is 0 Å². The third-order valence-electron chi connectivity index (χ3n) is 2.09. The number of hydrogen-bond donors (Lipinski definition) is 1. The van der Waals surface area contributed by atoms with E-state index < -0.39 is 17.6 Å². The summed E-state index contributed by atoms with van der Waals surface area (Å²) in [5, 5.41) is 2.19. The first kappa shape index (κ1) is 14.0. The molecule has 0 atom stereocenters. The molecule has 0 bridgehead atoms. The summed E-state index contributed by atoms with van der Waals surface area (Å²) in [7, 11) is 1.20. The molecule has 0 unspecified atom stereocenters. The van der Waals surface area contributed by atoms with Gasteiger partial charge in [-0.3, -0.25) is 9.59 Å². The van der Waals surface area contributed by atoms with Gasteiger partial charge in [0.15, 0.2) is 12.0 Å². The van der Waals surface area contributed by atoms with Crippen LogP contribution >= 0.6 is 0 Å². The van der Waals surface area contributed by atoms with E-state index in [1.807, 2.05) is 0 Å². The Morgan fingerprint density at radius 3 is 2.39 bits per heavy atom. The van der Waals surface area contributed by atoms with Crippen LogP contribution in [0.4, 0.5) is 18.9 Å². The summed E-state index contributed by atoms with van der Waals surface area (Å²) < 4.78 is 42.6. The molecule has 98 valence electrons. The summed E-state index contributed by atoms with van der Waals surface area (Å²) in [6, 6.07) is 1.38. The lowest BCUT2D eigenvalue weighted by molar-refractivity contribution is -0.137. The average Bonchev–Trinajstić information content (AvgIpc) is 2.25. The predicted octanol–water partition coefficient (Wildman–Crippen LogP) is 2.48. The Balaban J connectivity index is 3.45. The standard InChI is InChI=1S/C11H10F3NO3/c1-6(17)15-9-4-8(11(12,13)14)3-7(5-16)10(9)18-2/h3-5H,1-2H3,(H,15,17). The van der Waals surface area contributed by atoms with E-state index in [2.05, 4.69) is 5.32 Å². The average molecular weight is 261 g/mol. The van der Waals surface area contributed by atoms with Gasteiger partial charge in [0.1, 0.15) is 0 Å². The van der Waals surface area contributed by atoms with E-state index >= 15 is 0 Å². The Kier molecular flexibility index (Phi) is 3.95. The zero-order chi connectivity index (χ0) is 13.9. The van der Waals surface area contributed by atoms with Crippen LogP contribution in [0.15, 0.2) is 12.1 Å². The smallest absolute Gasteiger partial charge is 0.416 e. The molecule has 4 nitrogen and oxygen atoms in total. The Bertz CT molecular complexity index is 483. The minimum Gasteiger partial charge on any atom is -0.494 e. The van der Waals surface area contributed by atoms with Crippen LogP contribution in [0.3, 0.4) is 0 Å². The highest BCUT2D eigenvalue weighted by molar-refractivity contribution is 5.94. The molecule has 0 heterocycles. The van der Waals surface area contributed by atoms with Gasteiger partial charge in [-0.05, 0) is 12.1 Å². The van der Waals surface area contributed by atoms with Gasteiger partial charge in [0.2, 0.25) is 5.91 Å². The molecule has 1 amide bonds. The molecular weight excluding hydrogens is 251 g/mol. The van der Waals surface area contributed by atoms with Crippen LogP contribution in [0.5, 0.6) is 5.75 Å². The van der Waals surface area contributed by atoms with Crippen molar-refractivity contribution in [1.82, 2.24) is 0 Å². The summed E-state index contributed by atoms with van der Waals surface area (Å²) in [5.41, 5.74) is -1.51. The fourth-order valence-corrected chi connectivity index (χ4v) is 1.41. The summed E-state index contributed by atoms with van der Waals surface area (Å²) in [6.07, 6.45) is -4.38. The first-order valence-corrected chi connectivity index (χ1v) is 4.81. The van der Waals surface area contributed by atoms with Gasteiger partial charge in [-0.25, -0.2) is 0 Å². The van der Waals surface area contributed by atoms with Crippen LogP contribution in [0.25, 0.3) is 0 Å². The number of benzene rings is 1. The van der Waals surface area contributed by atoms with Crippen LogP contribution < -0.4 is 10.1 Å². The number of alkyl halides is 3. The normalized spacial score (nSPS) is 10.9. The molecule has 0 spiro atoms. The number of methoxy groups -OCH3 is 1. The fraction of sp³-hybridized carbons (Fsp3) is 0.273. The lowest BCUT2D eigenvalue weighted by Gasteiger charge is -2.15. The van der Waals surface area contributed by atoms with Gasteiger partial charge in [-0.2, -0.15) is 13.2 Å². The number of aldehydes is 1. The minimum atomic E-state index is -4.61. The SMILES string of the molecule is COc1c(C=O)cc(C(F)(F)F)cc1NC(C)=O. The van der Waals surface area contributed by atoms with Crippen LogP contribution in [0, 0.1) is 0 Å². The number of hydrogen-bond acceptors (Lipinski definition) is 3. The van der Waals surface area contributed by atoms with Crippen LogP contribution in [0.2, 0.25) is 0 Å². The number of amides is 1. The Morgan fingerprint density at radius 2 is 2.00 bits per heavy atom. The molecule has 18 heavy (non-hydrogen) atoms. The Labute approximate surface area is 101 Å². The fourth-order valence-electron chi connectivity index (χ4n) is 1.41. The second-order valence-corrected chi connectivity index (χ2v) is 3.44. The van der Waals surface area contributed by atoms with Crippen molar-refractivity contribution in [3.05, 3.63) is 23.3 Å².